The molecule has 0 radical (unpaired) electrons. The maximum absolute atomic E-state index is 12.8. The first-order valence-electron chi connectivity index (χ1n) is 8.29. The molecule has 1 aliphatic rings. The molecule has 1 aliphatic heterocycles. The van der Waals surface area contributed by atoms with Crippen LogP contribution in [0.4, 0.5) is 0 Å². The van der Waals surface area contributed by atoms with E-state index in [1.807, 2.05) is 41.4 Å². The maximum Gasteiger partial charge on any atom is 0.236 e. The largest absolute Gasteiger partial charge is 0.378 e. The Bertz CT molecular complexity index is 666. The summed E-state index contributed by atoms with van der Waals surface area (Å²) in [6.45, 7) is 6.76. The highest BCUT2D eigenvalue weighted by Gasteiger charge is 2.30. The molecule has 1 amide bonds. The van der Waals surface area contributed by atoms with Gasteiger partial charge in [-0.1, -0.05) is 55.9 Å². The number of rotatable bonds is 5. The van der Waals surface area contributed by atoms with E-state index in [-0.39, 0.29) is 17.1 Å². The van der Waals surface area contributed by atoms with E-state index in [1.165, 1.54) is 11.8 Å². The van der Waals surface area contributed by atoms with E-state index in [0.717, 1.165) is 16.4 Å². The van der Waals surface area contributed by atoms with Crippen molar-refractivity contribution in [2.45, 2.75) is 24.3 Å². The van der Waals surface area contributed by atoms with Gasteiger partial charge in [0.05, 0.1) is 30.4 Å². The number of aromatic nitrogens is 2. The topological polar surface area (TPSA) is 58.2 Å². The molecule has 0 unspecified atom stereocenters. The Kier molecular flexibility index (Phi) is 5.58. The summed E-state index contributed by atoms with van der Waals surface area (Å²) in [5.41, 5.74) is 2.07. The van der Waals surface area contributed by atoms with Crippen molar-refractivity contribution >= 4 is 17.7 Å². The van der Waals surface area contributed by atoms with Gasteiger partial charge in [0.1, 0.15) is 0 Å². The lowest BCUT2D eigenvalue weighted by molar-refractivity contribution is -0.135. The van der Waals surface area contributed by atoms with Crippen LogP contribution in [-0.4, -0.2) is 52.3 Å². The van der Waals surface area contributed by atoms with Gasteiger partial charge in [-0.2, -0.15) is 0 Å². The zero-order valence-electron chi connectivity index (χ0n) is 14.1. The molecule has 3 rings (SSSR count). The van der Waals surface area contributed by atoms with E-state index < -0.39 is 0 Å². The first-order valence-corrected chi connectivity index (χ1v) is 9.16. The zero-order valence-corrected chi connectivity index (χ0v) is 14.9. The first kappa shape index (κ1) is 17.0. The molecule has 1 fully saturated rings. The van der Waals surface area contributed by atoms with Crippen molar-refractivity contribution in [2.24, 2.45) is 5.92 Å². The van der Waals surface area contributed by atoms with Crippen LogP contribution in [-0.2, 0) is 9.53 Å². The highest BCUT2D eigenvalue weighted by molar-refractivity contribution is 8.00. The molecule has 1 atom stereocenters. The third kappa shape index (κ3) is 3.99. The van der Waals surface area contributed by atoms with E-state index in [0.29, 0.717) is 26.3 Å². The number of nitrogens with zero attached hydrogens (tertiary/aromatic N) is 2. The molecule has 24 heavy (non-hydrogen) atoms. The Morgan fingerprint density at radius 2 is 1.96 bits per heavy atom. The van der Waals surface area contributed by atoms with Crippen molar-refractivity contribution in [3.05, 3.63) is 36.5 Å². The highest BCUT2D eigenvalue weighted by Crippen LogP contribution is 2.29. The average molecular weight is 345 g/mol. The summed E-state index contributed by atoms with van der Waals surface area (Å²) >= 11 is 1.52. The van der Waals surface area contributed by atoms with Crippen LogP contribution >= 0.6 is 11.8 Å². The van der Waals surface area contributed by atoms with Crippen LogP contribution in [0.1, 0.15) is 13.8 Å². The van der Waals surface area contributed by atoms with E-state index in [9.17, 15) is 4.79 Å². The number of imidazole rings is 1. The third-order valence-corrected chi connectivity index (χ3v) is 5.48. The Labute approximate surface area is 146 Å². The fourth-order valence-corrected chi connectivity index (χ4v) is 3.73. The molecule has 1 N–H and O–H groups in total. The first-order chi connectivity index (χ1) is 11.6. The lowest BCUT2D eigenvalue weighted by atomic mass is 10.1. The number of nitrogens with one attached hydrogen (secondary N) is 1. The molecule has 1 aromatic carbocycles. The fraction of sp³-hybridized carbons (Fsp3) is 0.444. The maximum atomic E-state index is 12.8. The molecule has 0 bridgehead atoms. The van der Waals surface area contributed by atoms with Crippen LogP contribution < -0.4 is 0 Å². The average Bonchev–Trinajstić information content (AvgIpc) is 3.09. The fourth-order valence-electron chi connectivity index (χ4n) is 2.68. The molecule has 1 aromatic heterocycles. The normalized spacial score (nSPS) is 16.4. The third-order valence-electron chi connectivity index (χ3n) is 4.05. The number of hydrogen-bond acceptors (Lipinski definition) is 4. The monoisotopic (exact) mass is 345 g/mol. The summed E-state index contributed by atoms with van der Waals surface area (Å²) in [4.78, 5) is 22.5. The molecule has 0 spiro atoms. The van der Waals surface area contributed by atoms with E-state index in [1.54, 1.807) is 0 Å². The molecule has 6 heteroatoms. The summed E-state index contributed by atoms with van der Waals surface area (Å²) in [6, 6.07) is 10.1. The van der Waals surface area contributed by atoms with Gasteiger partial charge in [-0.3, -0.25) is 4.79 Å². The predicted molar refractivity (Wildman–Crippen MR) is 95.9 cm³/mol. The van der Waals surface area contributed by atoms with Gasteiger partial charge >= 0.3 is 0 Å². The second kappa shape index (κ2) is 7.85. The van der Waals surface area contributed by atoms with E-state index in [4.69, 9.17) is 4.74 Å². The summed E-state index contributed by atoms with van der Waals surface area (Å²) in [6.07, 6.45) is 1.83. The smallest absolute Gasteiger partial charge is 0.236 e. The Morgan fingerprint density at radius 3 is 2.62 bits per heavy atom. The van der Waals surface area contributed by atoms with Gasteiger partial charge < -0.3 is 14.6 Å². The van der Waals surface area contributed by atoms with Gasteiger partial charge in [0.2, 0.25) is 5.91 Å². The quantitative estimate of drug-likeness (QED) is 0.846. The Balaban J connectivity index is 1.72. The number of carbonyl (C=O) groups is 1. The number of benzene rings is 1. The summed E-state index contributed by atoms with van der Waals surface area (Å²) < 4.78 is 5.34. The molecule has 128 valence electrons. The summed E-state index contributed by atoms with van der Waals surface area (Å²) in [5, 5.41) is 0.645. The van der Waals surface area contributed by atoms with E-state index >= 15 is 0 Å². The number of morpholine rings is 1. The summed E-state index contributed by atoms with van der Waals surface area (Å²) in [5.74, 6) is 0.409. The Hall–Kier alpha value is -1.79. The molecule has 0 saturated carbocycles. The van der Waals surface area contributed by atoms with Gasteiger partial charge in [-0.05, 0) is 11.5 Å². The van der Waals surface area contributed by atoms with Crippen LogP contribution in [0.25, 0.3) is 11.3 Å². The minimum atomic E-state index is -0.141. The lowest BCUT2D eigenvalue weighted by Gasteiger charge is -2.31. The SMILES string of the molecule is CC(C)[C@H](Sc1ncc(-c2ccccc2)[nH]1)C(=O)N1CCOCC1. The second-order valence-corrected chi connectivity index (χ2v) is 7.32. The second-order valence-electron chi connectivity index (χ2n) is 6.19. The lowest BCUT2D eigenvalue weighted by Crippen LogP contribution is -2.46. The van der Waals surface area contributed by atoms with Crippen molar-refractivity contribution in [1.29, 1.82) is 0 Å². The zero-order chi connectivity index (χ0) is 16.9. The number of aromatic amines is 1. The molecule has 2 heterocycles. The number of thioether (sulfide) groups is 1. The number of hydrogen-bond donors (Lipinski definition) is 1. The van der Waals surface area contributed by atoms with Crippen LogP contribution in [0, 0.1) is 5.92 Å². The number of ether oxygens (including phenoxy) is 1. The molecule has 2 aromatic rings. The van der Waals surface area contributed by atoms with Crippen LogP contribution in [0.3, 0.4) is 0 Å². The van der Waals surface area contributed by atoms with Crippen molar-refractivity contribution in [3.8, 4) is 11.3 Å². The van der Waals surface area contributed by atoms with Gasteiger partial charge in [0.25, 0.3) is 0 Å². The van der Waals surface area contributed by atoms with Crippen LogP contribution in [0.2, 0.25) is 0 Å². The summed E-state index contributed by atoms with van der Waals surface area (Å²) in [7, 11) is 0. The Morgan fingerprint density at radius 1 is 1.25 bits per heavy atom. The number of amides is 1. The van der Waals surface area contributed by atoms with Crippen molar-refractivity contribution < 1.29 is 9.53 Å². The minimum Gasteiger partial charge on any atom is -0.378 e. The van der Waals surface area contributed by atoms with E-state index in [2.05, 4.69) is 23.8 Å². The predicted octanol–water partition coefficient (Wildman–Crippen LogP) is 3.05. The molecular formula is C18H23N3O2S. The van der Waals surface area contributed by atoms with Crippen LogP contribution in [0.5, 0.6) is 0 Å². The molecule has 0 aliphatic carbocycles. The van der Waals surface area contributed by atoms with Gasteiger partial charge in [0, 0.05) is 13.1 Å². The minimum absolute atomic E-state index is 0.141. The standard InChI is InChI=1S/C18H23N3O2S/c1-13(2)16(17(22)21-8-10-23-11-9-21)24-18-19-12-15(20-18)14-6-4-3-5-7-14/h3-7,12-13,16H,8-11H2,1-2H3,(H,19,20)/t16-/m0/s1. The van der Waals surface area contributed by atoms with Crippen molar-refractivity contribution in [3.63, 3.8) is 0 Å². The number of H-pyrrole nitrogens is 1. The van der Waals surface area contributed by atoms with Gasteiger partial charge in [-0.25, -0.2) is 4.98 Å². The molecule has 1 saturated heterocycles. The van der Waals surface area contributed by atoms with Crippen molar-refractivity contribution in [1.82, 2.24) is 14.9 Å². The molecular weight excluding hydrogens is 322 g/mol. The van der Waals surface area contributed by atoms with Crippen LogP contribution in [0.15, 0.2) is 41.7 Å². The number of carbonyl (C=O) groups excluding carboxylic acids is 1. The van der Waals surface area contributed by atoms with Gasteiger partial charge in [-0.15, -0.1) is 0 Å². The highest BCUT2D eigenvalue weighted by atomic mass is 32.2. The van der Waals surface area contributed by atoms with Crippen molar-refractivity contribution in [2.75, 3.05) is 26.3 Å². The van der Waals surface area contributed by atoms with Gasteiger partial charge in [0.15, 0.2) is 5.16 Å². The molecule has 5 nitrogen and oxygen atoms in total.